The van der Waals surface area contributed by atoms with Crippen molar-refractivity contribution >= 4 is 0 Å². The molecule has 15 heavy (non-hydrogen) atoms. The fraction of sp³-hybridized carbons (Fsp3) is 0.800. The molecular formula is C10H18N4O. The Morgan fingerprint density at radius 1 is 1.60 bits per heavy atom. The van der Waals surface area contributed by atoms with Gasteiger partial charge < -0.3 is 15.2 Å². The number of aromatic nitrogens is 2. The van der Waals surface area contributed by atoms with Gasteiger partial charge in [0.25, 0.3) is 0 Å². The van der Waals surface area contributed by atoms with Crippen LogP contribution >= 0.6 is 0 Å². The summed E-state index contributed by atoms with van der Waals surface area (Å²) in [6.07, 6.45) is 3.40. The molecule has 0 amide bonds. The molecule has 1 aromatic heterocycles. The maximum absolute atomic E-state index is 5.42. The maximum Gasteiger partial charge on any atom is 0.240 e. The Morgan fingerprint density at radius 3 is 3.13 bits per heavy atom. The second-order valence-corrected chi connectivity index (χ2v) is 3.94. The first-order valence-corrected chi connectivity index (χ1v) is 5.59. The molecule has 1 saturated heterocycles. The summed E-state index contributed by atoms with van der Waals surface area (Å²) in [6.45, 7) is 4.82. The van der Waals surface area contributed by atoms with Gasteiger partial charge in [0.15, 0.2) is 5.82 Å². The largest absolute Gasteiger partial charge is 0.338 e. The molecule has 2 heterocycles. The second-order valence-electron chi connectivity index (χ2n) is 3.94. The highest BCUT2D eigenvalue weighted by atomic mass is 16.5. The van der Waals surface area contributed by atoms with Gasteiger partial charge in [-0.2, -0.15) is 4.98 Å². The number of hydrogen-bond donors (Lipinski definition) is 1. The van der Waals surface area contributed by atoms with Crippen molar-refractivity contribution in [3.63, 3.8) is 0 Å². The van der Waals surface area contributed by atoms with Crippen LogP contribution in [0.4, 0.5) is 0 Å². The average Bonchev–Trinajstić information content (AvgIpc) is 2.87. The van der Waals surface area contributed by atoms with E-state index < -0.39 is 0 Å². The van der Waals surface area contributed by atoms with Crippen LogP contribution in [-0.4, -0.2) is 34.2 Å². The first kappa shape index (κ1) is 10.6. The predicted molar refractivity (Wildman–Crippen MR) is 56.2 cm³/mol. The van der Waals surface area contributed by atoms with E-state index >= 15 is 0 Å². The Morgan fingerprint density at radius 2 is 2.47 bits per heavy atom. The molecule has 1 fully saturated rings. The van der Waals surface area contributed by atoms with E-state index in [9.17, 15) is 0 Å². The van der Waals surface area contributed by atoms with Crippen LogP contribution < -0.4 is 5.73 Å². The number of likely N-dealkylation sites (N-methyl/N-ethyl adjacent to an activating group) is 1. The molecule has 1 unspecified atom stereocenters. The average molecular weight is 210 g/mol. The first-order valence-electron chi connectivity index (χ1n) is 5.59. The van der Waals surface area contributed by atoms with E-state index in [2.05, 4.69) is 22.0 Å². The highest BCUT2D eigenvalue weighted by Crippen LogP contribution is 2.19. The van der Waals surface area contributed by atoms with Crippen LogP contribution in [0.2, 0.25) is 0 Å². The van der Waals surface area contributed by atoms with Crippen molar-refractivity contribution in [1.29, 1.82) is 0 Å². The van der Waals surface area contributed by atoms with Crippen LogP contribution in [0, 0.1) is 0 Å². The van der Waals surface area contributed by atoms with Crippen LogP contribution in [0.5, 0.6) is 0 Å². The molecule has 5 nitrogen and oxygen atoms in total. The molecule has 0 aliphatic carbocycles. The monoisotopic (exact) mass is 210 g/mol. The molecule has 0 saturated carbocycles. The summed E-state index contributed by atoms with van der Waals surface area (Å²) in [7, 11) is 0. The standard InChI is InChI=1S/C10H18N4O/c1-2-14-5-3-4-8(14)6-9-12-10(7-11)15-13-9/h8H,2-7,11H2,1H3. The van der Waals surface area contributed by atoms with E-state index in [0.29, 0.717) is 18.5 Å². The van der Waals surface area contributed by atoms with Gasteiger partial charge in [-0.1, -0.05) is 12.1 Å². The minimum atomic E-state index is 0.329. The highest BCUT2D eigenvalue weighted by molar-refractivity contribution is 4.92. The third-order valence-corrected chi connectivity index (χ3v) is 3.01. The molecule has 1 aromatic rings. The van der Waals surface area contributed by atoms with Crippen molar-refractivity contribution in [2.45, 2.75) is 38.8 Å². The van der Waals surface area contributed by atoms with E-state index in [4.69, 9.17) is 10.3 Å². The Hall–Kier alpha value is -0.940. The van der Waals surface area contributed by atoms with Gasteiger partial charge in [-0.15, -0.1) is 0 Å². The second kappa shape index (κ2) is 4.72. The van der Waals surface area contributed by atoms with Crippen LogP contribution in [0.3, 0.4) is 0 Å². The van der Waals surface area contributed by atoms with Crippen LogP contribution in [0.25, 0.3) is 0 Å². The van der Waals surface area contributed by atoms with Gasteiger partial charge in [0.1, 0.15) is 0 Å². The summed E-state index contributed by atoms with van der Waals surface area (Å²) in [6, 6.07) is 0.582. The van der Waals surface area contributed by atoms with E-state index in [1.165, 1.54) is 19.4 Å². The third kappa shape index (κ3) is 2.35. The normalized spacial score (nSPS) is 22.4. The lowest BCUT2D eigenvalue weighted by molar-refractivity contribution is 0.261. The SMILES string of the molecule is CCN1CCCC1Cc1noc(CN)n1. The smallest absolute Gasteiger partial charge is 0.240 e. The van der Waals surface area contributed by atoms with Gasteiger partial charge in [-0.05, 0) is 25.9 Å². The Kier molecular flexibility index (Phi) is 3.33. The molecule has 84 valence electrons. The minimum absolute atomic E-state index is 0.329. The minimum Gasteiger partial charge on any atom is -0.338 e. The number of rotatable bonds is 4. The fourth-order valence-corrected chi connectivity index (χ4v) is 2.21. The molecule has 2 rings (SSSR count). The van der Waals surface area contributed by atoms with Gasteiger partial charge in [-0.25, -0.2) is 0 Å². The summed E-state index contributed by atoms with van der Waals surface area (Å²) in [5.41, 5.74) is 5.42. The Balaban J connectivity index is 1.95. The fourth-order valence-electron chi connectivity index (χ4n) is 2.21. The lowest BCUT2D eigenvalue weighted by atomic mass is 10.1. The zero-order valence-corrected chi connectivity index (χ0v) is 9.15. The molecule has 1 aliphatic heterocycles. The molecule has 5 heteroatoms. The molecular weight excluding hydrogens is 192 g/mol. The molecule has 0 aromatic carbocycles. The van der Waals surface area contributed by atoms with Crippen LogP contribution in [0.15, 0.2) is 4.52 Å². The summed E-state index contributed by atoms with van der Waals surface area (Å²) >= 11 is 0. The molecule has 0 spiro atoms. The predicted octanol–water partition coefficient (Wildman–Crippen LogP) is 0.555. The van der Waals surface area contributed by atoms with E-state index in [1.54, 1.807) is 0 Å². The summed E-state index contributed by atoms with van der Waals surface area (Å²) < 4.78 is 4.99. The van der Waals surface area contributed by atoms with Gasteiger partial charge in [-0.3, -0.25) is 0 Å². The zero-order valence-electron chi connectivity index (χ0n) is 9.15. The third-order valence-electron chi connectivity index (χ3n) is 3.01. The van der Waals surface area contributed by atoms with Crippen molar-refractivity contribution in [3.8, 4) is 0 Å². The van der Waals surface area contributed by atoms with Crippen molar-refractivity contribution in [2.24, 2.45) is 5.73 Å². The Labute approximate surface area is 89.6 Å². The summed E-state index contributed by atoms with van der Waals surface area (Å²) in [4.78, 5) is 6.70. The highest BCUT2D eigenvalue weighted by Gasteiger charge is 2.24. The van der Waals surface area contributed by atoms with Crippen LogP contribution in [-0.2, 0) is 13.0 Å². The first-order chi connectivity index (χ1) is 7.33. The number of nitrogens with two attached hydrogens (primary N) is 1. The molecule has 2 N–H and O–H groups in total. The number of nitrogens with zero attached hydrogens (tertiary/aromatic N) is 3. The maximum atomic E-state index is 5.42. The zero-order chi connectivity index (χ0) is 10.7. The van der Waals surface area contributed by atoms with Gasteiger partial charge in [0.05, 0.1) is 6.54 Å². The van der Waals surface area contributed by atoms with E-state index in [0.717, 1.165) is 18.8 Å². The molecule has 1 aliphatic rings. The summed E-state index contributed by atoms with van der Waals surface area (Å²) in [5.74, 6) is 1.33. The number of likely N-dealkylation sites (tertiary alicyclic amines) is 1. The van der Waals surface area contributed by atoms with Gasteiger partial charge in [0.2, 0.25) is 5.89 Å². The van der Waals surface area contributed by atoms with Crippen molar-refractivity contribution in [3.05, 3.63) is 11.7 Å². The lowest BCUT2D eigenvalue weighted by Gasteiger charge is -2.20. The van der Waals surface area contributed by atoms with Crippen molar-refractivity contribution < 1.29 is 4.52 Å². The van der Waals surface area contributed by atoms with Crippen LogP contribution in [0.1, 0.15) is 31.5 Å². The molecule has 0 radical (unpaired) electrons. The van der Waals surface area contributed by atoms with E-state index in [1.807, 2.05) is 0 Å². The van der Waals surface area contributed by atoms with Gasteiger partial charge in [0, 0.05) is 12.5 Å². The molecule has 1 atom stereocenters. The summed E-state index contributed by atoms with van der Waals surface area (Å²) in [5, 5.41) is 3.93. The topological polar surface area (TPSA) is 68.2 Å². The van der Waals surface area contributed by atoms with Gasteiger partial charge >= 0.3 is 0 Å². The number of hydrogen-bond acceptors (Lipinski definition) is 5. The Bertz CT molecular complexity index is 312. The van der Waals surface area contributed by atoms with Crippen molar-refractivity contribution in [1.82, 2.24) is 15.0 Å². The quantitative estimate of drug-likeness (QED) is 0.786. The molecule has 0 bridgehead atoms. The van der Waals surface area contributed by atoms with E-state index in [-0.39, 0.29) is 0 Å². The lowest BCUT2D eigenvalue weighted by Crippen LogP contribution is -2.31. The van der Waals surface area contributed by atoms with Crippen molar-refractivity contribution in [2.75, 3.05) is 13.1 Å².